The number of carbonyl (C=O) groups is 1. The topological polar surface area (TPSA) is 54.5 Å². The largest absolute Gasteiger partial charge is 0.485 e. The molecule has 1 saturated heterocycles. The van der Waals surface area contributed by atoms with Gasteiger partial charge in [-0.2, -0.15) is 0 Å². The van der Waals surface area contributed by atoms with Gasteiger partial charge in [-0.15, -0.1) is 0 Å². The number of hydrogen-bond acceptors (Lipinski definition) is 4. The molecule has 2 heterocycles. The smallest absolute Gasteiger partial charge is 0.225 e. The fourth-order valence-electron chi connectivity index (χ4n) is 3.78. The minimum absolute atomic E-state index is 0.0156. The second-order valence-corrected chi connectivity index (χ2v) is 8.04. The minimum atomic E-state index is -0.0156. The molecule has 3 rings (SSSR count). The summed E-state index contributed by atoms with van der Waals surface area (Å²) in [5.41, 5.74) is 0.967. The molecule has 0 aromatic carbocycles. The van der Waals surface area contributed by atoms with Gasteiger partial charge >= 0.3 is 0 Å². The minimum Gasteiger partial charge on any atom is -0.485 e. The lowest BCUT2D eigenvalue weighted by molar-refractivity contribution is -0.134. The van der Waals surface area contributed by atoms with Gasteiger partial charge < -0.3 is 15.0 Å². The van der Waals surface area contributed by atoms with E-state index in [4.69, 9.17) is 16.3 Å². The van der Waals surface area contributed by atoms with Crippen molar-refractivity contribution in [3.63, 3.8) is 0 Å². The molecule has 1 saturated carbocycles. The Kier molecular flexibility index (Phi) is 7.13. The summed E-state index contributed by atoms with van der Waals surface area (Å²) in [5, 5.41) is 3.58. The zero-order valence-electron chi connectivity index (χ0n) is 16.3. The number of nitrogens with one attached hydrogen (secondary N) is 1. The van der Waals surface area contributed by atoms with Crippen LogP contribution in [0.2, 0.25) is 5.15 Å². The number of pyridine rings is 1. The Labute approximate surface area is 167 Å². The molecule has 0 bridgehead atoms. The highest BCUT2D eigenvalue weighted by molar-refractivity contribution is 6.30. The van der Waals surface area contributed by atoms with Gasteiger partial charge in [0, 0.05) is 31.1 Å². The maximum absolute atomic E-state index is 12.6. The number of halogens is 1. The van der Waals surface area contributed by atoms with Crippen molar-refractivity contribution in [2.45, 2.75) is 57.6 Å². The van der Waals surface area contributed by atoms with Gasteiger partial charge in [-0.1, -0.05) is 36.6 Å². The van der Waals surface area contributed by atoms with Crippen LogP contribution in [0.15, 0.2) is 18.3 Å². The molecule has 1 aromatic heterocycles. The van der Waals surface area contributed by atoms with Crippen LogP contribution in [0, 0.1) is 5.92 Å². The van der Waals surface area contributed by atoms with E-state index in [1.54, 1.807) is 6.20 Å². The Bertz CT molecular complexity index is 673. The highest BCUT2D eigenvalue weighted by Crippen LogP contribution is 2.30. The second kappa shape index (κ2) is 9.56. The summed E-state index contributed by atoms with van der Waals surface area (Å²) in [6, 6.07) is 2.36. The van der Waals surface area contributed by atoms with Gasteiger partial charge in [0.2, 0.25) is 5.91 Å². The Morgan fingerprint density at radius 1 is 1.44 bits per heavy atom. The normalized spacial score (nSPS) is 21.9. The van der Waals surface area contributed by atoms with Gasteiger partial charge in [-0.25, -0.2) is 4.98 Å². The van der Waals surface area contributed by atoms with Crippen molar-refractivity contribution >= 4 is 23.6 Å². The first-order chi connectivity index (χ1) is 13.1. The van der Waals surface area contributed by atoms with Crippen molar-refractivity contribution in [1.29, 1.82) is 0 Å². The van der Waals surface area contributed by atoms with E-state index in [9.17, 15) is 4.79 Å². The number of hydrogen-bond donors (Lipinski definition) is 1. The van der Waals surface area contributed by atoms with Crippen molar-refractivity contribution < 1.29 is 9.53 Å². The summed E-state index contributed by atoms with van der Waals surface area (Å²) in [7, 11) is 1.96. The maximum Gasteiger partial charge on any atom is 0.225 e. The van der Waals surface area contributed by atoms with Gasteiger partial charge in [-0.3, -0.25) is 4.79 Å². The first-order valence-corrected chi connectivity index (χ1v) is 10.4. The lowest BCUT2D eigenvalue weighted by Crippen LogP contribution is -2.34. The molecule has 1 aliphatic heterocycles. The zero-order chi connectivity index (χ0) is 19.2. The maximum atomic E-state index is 12.6. The van der Waals surface area contributed by atoms with E-state index in [0.29, 0.717) is 29.4 Å². The molecule has 27 heavy (non-hydrogen) atoms. The number of rotatable bonds is 7. The van der Waals surface area contributed by atoms with Gasteiger partial charge in [0.25, 0.3) is 0 Å². The number of carbonyl (C=O) groups excluding carboxylic acids is 1. The van der Waals surface area contributed by atoms with Crippen molar-refractivity contribution in [3.8, 4) is 5.75 Å². The Morgan fingerprint density at radius 2 is 2.22 bits per heavy atom. The third-order valence-electron chi connectivity index (χ3n) is 5.58. The van der Waals surface area contributed by atoms with Crippen LogP contribution < -0.4 is 10.1 Å². The third kappa shape index (κ3) is 5.45. The monoisotopic (exact) mass is 391 g/mol. The molecule has 1 aromatic rings. The van der Waals surface area contributed by atoms with E-state index in [2.05, 4.69) is 23.3 Å². The van der Waals surface area contributed by atoms with Crippen LogP contribution in [0.1, 0.15) is 51.0 Å². The molecule has 2 fully saturated rings. The van der Waals surface area contributed by atoms with Gasteiger partial charge in [-0.05, 0) is 44.9 Å². The molecule has 0 spiro atoms. The average Bonchev–Trinajstić information content (AvgIpc) is 3.35. The molecule has 1 aliphatic carbocycles. The zero-order valence-corrected chi connectivity index (χ0v) is 17.0. The molecule has 0 radical (unpaired) electrons. The quantitative estimate of drug-likeness (QED) is 0.716. The Hall–Kier alpha value is -1.59. The Morgan fingerprint density at radius 3 is 2.96 bits per heavy atom. The van der Waals surface area contributed by atoms with Crippen LogP contribution in [0.25, 0.3) is 6.08 Å². The van der Waals surface area contributed by atoms with Crippen LogP contribution >= 0.6 is 11.6 Å². The van der Waals surface area contributed by atoms with Crippen LogP contribution in [0.4, 0.5) is 0 Å². The predicted octanol–water partition coefficient (Wildman–Crippen LogP) is 3.92. The van der Waals surface area contributed by atoms with Crippen molar-refractivity contribution in [2.24, 2.45) is 5.92 Å². The summed E-state index contributed by atoms with van der Waals surface area (Å²) in [5.74, 6) is 1.13. The summed E-state index contributed by atoms with van der Waals surface area (Å²) >= 11 is 6.23. The number of amides is 1. The lowest BCUT2D eigenvalue weighted by Gasteiger charge is -2.20. The van der Waals surface area contributed by atoms with Crippen molar-refractivity contribution in [1.82, 2.24) is 15.2 Å². The van der Waals surface area contributed by atoms with E-state index in [0.717, 1.165) is 37.8 Å². The van der Waals surface area contributed by atoms with Crippen LogP contribution in [0.5, 0.6) is 5.75 Å². The molecule has 5 nitrogen and oxygen atoms in total. The van der Waals surface area contributed by atoms with Crippen LogP contribution in [0.3, 0.4) is 0 Å². The molecular formula is C21H30ClN3O2. The van der Waals surface area contributed by atoms with Crippen LogP contribution in [-0.2, 0) is 4.79 Å². The summed E-state index contributed by atoms with van der Waals surface area (Å²) in [6.45, 7) is 3.55. The summed E-state index contributed by atoms with van der Waals surface area (Å²) in [6.07, 6.45) is 12.1. The molecular weight excluding hydrogens is 362 g/mol. The number of nitrogens with zero attached hydrogens (tertiary/aromatic N) is 2. The second-order valence-electron chi connectivity index (χ2n) is 7.68. The van der Waals surface area contributed by atoms with E-state index in [1.165, 1.54) is 12.8 Å². The molecule has 148 valence electrons. The first kappa shape index (κ1) is 20.2. The standard InChI is InChI=1S/C21H30ClN3O2/c1-15(23-2)6-5-7-16-12-19(20(22)24-13-16)27-18-10-11-25(14-18)21(26)17-8-3-4-9-17/h5,7,12-13,15,17-18,23H,3-4,6,8-11,14H2,1-2H3/t15-,18+/m0/s1. The van der Waals surface area contributed by atoms with Crippen LogP contribution in [-0.4, -0.2) is 48.1 Å². The summed E-state index contributed by atoms with van der Waals surface area (Å²) < 4.78 is 6.10. The number of likely N-dealkylation sites (tertiary alicyclic amines) is 1. The SMILES string of the molecule is CN[C@@H](C)CC=Cc1cnc(Cl)c(O[C@@H]2CCN(C(=O)C3CCCC3)C2)c1. The van der Waals surface area contributed by atoms with E-state index >= 15 is 0 Å². The van der Waals surface area contributed by atoms with Crippen molar-refractivity contribution in [3.05, 3.63) is 29.1 Å². The first-order valence-electron chi connectivity index (χ1n) is 10.0. The highest BCUT2D eigenvalue weighted by atomic mass is 35.5. The lowest BCUT2D eigenvalue weighted by atomic mass is 10.1. The fraction of sp³-hybridized carbons (Fsp3) is 0.619. The molecule has 2 atom stereocenters. The molecule has 0 unspecified atom stereocenters. The Balaban J connectivity index is 1.57. The molecule has 1 amide bonds. The van der Waals surface area contributed by atoms with Gasteiger partial charge in [0.15, 0.2) is 10.9 Å². The van der Waals surface area contributed by atoms with E-state index in [-0.39, 0.29) is 12.0 Å². The average molecular weight is 392 g/mol. The van der Waals surface area contributed by atoms with E-state index in [1.807, 2.05) is 24.1 Å². The van der Waals surface area contributed by atoms with Gasteiger partial charge in [0.1, 0.15) is 6.10 Å². The highest BCUT2D eigenvalue weighted by Gasteiger charge is 2.33. The fourth-order valence-corrected chi connectivity index (χ4v) is 3.93. The van der Waals surface area contributed by atoms with Gasteiger partial charge in [0.05, 0.1) is 6.54 Å². The third-order valence-corrected chi connectivity index (χ3v) is 5.86. The number of ether oxygens (including phenoxy) is 1. The predicted molar refractivity (Wildman–Crippen MR) is 109 cm³/mol. The molecule has 1 N–H and O–H groups in total. The molecule has 6 heteroatoms. The van der Waals surface area contributed by atoms with Crippen molar-refractivity contribution in [2.75, 3.05) is 20.1 Å². The molecule has 2 aliphatic rings. The summed E-state index contributed by atoms with van der Waals surface area (Å²) in [4.78, 5) is 18.8. The number of aromatic nitrogens is 1. The van der Waals surface area contributed by atoms with E-state index < -0.39 is 0 Å².